The van der Waals surface area contributed by atoms with Crippen molar-refractivity contribution in [2.45, 2.75) is 12.8 Å². The highest BCUT2D eigenvalue weighted by atomic mass is 32.1. The standard InChI is InChI=1S/C14H19N5OS/c1-18-4-6-19(7-5-18)17-14-10(8-15)11(16)13(21-14)12(20)9-2-3-9/h9,17H,2-7,16H2,1H3. The maximum Gasteiger partial charge on any atom is 0.178 e. The second kappa shape index (κ2) is 5.64. The number of hydrazine groups is 1. The van der Waals surface area contributed by atoms with Crippen LogP contribution in [0.2, 0.25) is 0 Å². The van der Waals surface area contributed by atoms with Gasteiger partial charge in [0.25, 0.3) is 0 Å². The Morgan fingerprint density at radius 2 is 2.05 bits per heavy atom. The van der Waals surface area contributed by atoms with Crippen LogP contribution in [0.4, 0.5) is 10.7 Å². The summed E-state index contributed by atoms with van der Waals surface area (Å²) in [5.41, 5.74) is 10.0. The molecule has 7 heteroatoms. The summed E-state index contributed by atoms with van der Waals surface area (Å²) >= 11 is 1.32. The van der Waals surface area contributed by atoms with Crippen molar-refractivity contribution < 1.29 is 4.79 Å². The van der Waals surface area contributed by atoms with Crippen molar-refractivity contribution in [3.63, 3.8) is 0 Å². The fraction of sp³-hybridized carbons (Fsp3) is 0.571. The summed E-state index contributed by atoms with van der Waals surface area (Å²) in [5.74, 6) is 0.217. The molecule has 0 bridgehead atoms. The summed E-state index contributed by atoms with van der Waals surface area (Å²) in [6.07, 6.45) is 1.89. The number of Topliss-reactive ketones (excluding diaryl/α,β-unsaturated/α-hetero) is 1. The van der Waals surface area contributed by atoms with E-state index in [4.69, 9.17) is 5.73 Å². The Morgan fingerprint density at radius 1 is 1.38 bits per heavy atom. The van der Waals surface area contributed by atoms with E-state index in [2.05, 4.69) is 28.5 Å². The highest BCUT2D eigenvalue weighted by molar-refractivity contribution is 7.19. The summed E-state index contributed by atoms with van der Waals surface area (Å²) in [4.78, 5) is 15.0. The van der Waals surface area contributed by atoms with E-state index in [0.717, 1.165) is 39.0 Å². The van der Waals surface area contributed by atoms with Gasteiger partial charge in [-0.3, -0.25) is 4.79 Å². The number of ketones is 1. The summed E-state index contributed by atoms with van der Waals surface area (Å²) in [7, 11) is 2.09. The Labute approximate surface area is 128 Å². The van der Waals surface area contributed by atoms with Gasteiger partial charge in [0, 0.05) is 32.1 Å². The lowest BCUT2D eigenvalue weighted by Gasteiger charge is -2.32. The molecule has 0 spiro atoms. The largest absolute Gasteiger partial charge is 0.396 e. The predicted molar refractivity (Wildman–Crippen MR) is 83.2 cm³/mol. The van der Waals surface area contributed by atoms with Crippen molar-refractivity contribution >= 4 is 27.8 Å². The fourth-order valence-electron chi connectivity index (χ4n) is 2.41. The first-order chi connectivity index (χ1) is 10.1. The van der Waals surface area contributed by atoms with Gasteiger partial charge in [-0.15, -0.1) is 11.3 Å². The number of hydrogen-bond acceptors (Lipinski definition) is 7. The number of nitrogen functional groups attached to an aromatic ring is 1. The monoisotopic (exact) mass is 305 g/mol. The van der Waals surface area contributed by atoms with Gasteiger partial charge in [0.05, 0.1) is 10.6 Å². The molecule has 6 nitrogen and oxygen atoms in total. The van der Waals surface area contributed by atoms with Gasteiger partial charge in [0.15, 0.2) is 5.78 Å². The number of carbonyl (C=O) groups is 1. The number of piperazine rings is 1. The second-order valence-corrected chi connectivity index (χ2v) is 6.72. The van der Waals surface area contributed by atoms with Crippen LogP contribution in [-0.4, -0.2) is 48.9 Å². The van der Waals surface area contributed by atoms with Crippen molar-refractivity contribution in [2.24, 2.45) is 5.92 Å². The summed E-state index contributed by atoms with van der Waals surface area (Å²) in [6.45, 7) is 3.71. The Kier molecular flexibility index (Phi) is 3.85. The number of carbonyl (C=O) groups excluding carboxylic acids is 1. The van der Waals surface area contributed by atoms with E-state index in [1.807, 2.05) is 0 Å². The van der Waals surface area contributed by atoms with Gasteiger partial charge < -0.3 is 16.1 Å². The molecular weight excluding hydrogens is 286 g/mol. The number of thiophene rings is 1. The second-order valence-electron chi connectivity index (χ2n) is 5.70. The zero-order chi connectivity index (χ0) is 15.0. The molecule has 1 saturated carbocycles. The van der Waals surface area contributed by atoms with Crippen LogP contribution in [-0.2, 0) is 0 Å². The molecule has 0 aromatic carbocycles. The number of nitrogens with zero attached hydrogens (tertiary/aromatic N) is 3. The number of hydrogen-bond donors (Lipinski definition) is 2. The quantitative estimate of drug-likeness (QED) is 0.817. The molecule has 2 aliphatic rings. The van der Waals surface area contributed by atoms with E-state index in [9.17, 15) is 10.1 Å². The van der Waals surface area contributed by atoms with Crippen LogP contribution < -0.4 is 11.2 Å². The number of nitrogens with two attached hydrogens (primary N) is 1. The van der Waals surface area contributed by atoms with Gasteiger partial charge in [-0.1, -0.05) is 0 Å². The molecule has 2 fully saturated rings. The Hall–Kier alpha value is -1.62. The molecule has 21 heavy (non-hydrogen) atoms. The third-order valence-electron chi connectivity index (χ3n) is 3.99. The zero-order valence-electron chi connectivity index (χ0n) is 12.1. The van der Waals surface area contributed by atoms with Crippen molar-refractivity contribution in [3.05, 3.63) is 10.4 Å². The molecule has 0 atom stereocenters. The maximum absolute atomic E-state index is 12.2. The average Bonchev–Trinajstić information content (AvgIpc) is 3.27. The Morgan fingerprint density at radius 3 is 2.62 bits per heavy atom. The van der Waals surface area contributed by atoms with Gasteiger partial charge in [-0.05, 0) is 19.9 Å². The van der Waals surface area contributed by atoms with Crippen LogP contribution >= 0.6 is 11.3 Å². The number of nitrogens with one attached hydrogen (secondary N) is 1. The van der Waals surface area contributed by atoms with Gasteiger partial charge in [0.1, 0.15) is 16.6 Å². The molecule has 3 rings (SSSR count). The summed E-state index contributed by atoms with van der Waals surface area (Å²) < 4.78 is 0. The van der Waals surface area contributed by atoms with E-state index < -0.39 is 0 Å². The van der Waals surface area contributed by atoms with Crippen LogP contribution in [0.15, 0.2) is 0 Å². The first-order valence-corrected chi connectivity index (χ1v) is 7.98. The van der Waals surface area contributed by atoms with E-state index >= 15 is 0 Å². The Bertz CT molecular complexity index is 593. The van der Waals surface area contributed by atoms with E-state index in [1.54, 1.807) is 0 Å². The smallest absolute Gasteiger partial charge is 0.178 e. The van der Waals surface area contributed by atoms with E-state index in [1.165, 1.54) is 11.3 Å². The molecule has 1 aliphatic heterocycles. The number of anilines is 2. The lowest BCUT2D eigenvalue weighted by Crippen LogP contribution is -2.46. The molecule has 0 radical (unpaired) electrons. The van der Waals surface area contributed by atoms with E-state index in [0.29, 0.717) is 21.1 Å². The Balaban J connectivity index is 1.79. The minimum absolute atomic E-state index is 0.0976. The molecule has 2 heterocycles. The normalized spacial score (nSPS) is 20.2. The maximum atomic E-state index is 12.2. The SMILES string of the molecule is CN1CCN(Nc2sc(C(=O)C3CC3)c(N)c2C#N)CC1. The van der Waals surface area contributed by atoms with Crippen molar-refractivity contribution in [1.82, 2.24) is 9.91 Å². The molecule has 1 aromatic rings. The highest BCUT2D eigenvalue weighted by Crippen LogP contribution is 2.41. The lowest BCUT2D eigenvalue weighted by atomic mass is 10.1. The van der Waals surface area contributed by atoms with Crippen LogP contribution in [0.25, 0.3) is 0 Å². The van der Waals surface area contributed by atoms with E-state index in [-0.39, 0.29) is 11.7 Å². The van der Waals surface area contributed by atoms with Gasteiger partial charge >= 0.3 is 0 Å². The van der Waals surface area contributed by atoms with Gasteiger partial charge in [-0.2, -0.15) is 5.26 Å². The molecule has 1 aliphatic carbocycles. The van der Waals surface area contributed by atoms with Crippen LogP contribution in [0, 0.1) is 17.2 Å². The molecular formula is C14H19N5OS. The minimum Gasteiger partial charge on any atom is -0.396 e. The zero-order valence-corrected chi connectivity index (χ0v) is 12.9. The first-order valence-electron chi connectivity index (χ1n) is 7.17. The molecule has 0 amide bonds. The first kappa shape index (κ1) is 14.3. The minimum atomic E-state index is 0.0976. The average molecular weight is 305 g/mol. The topological polar surface area (TPSA) is 85.4 Å². The van der Waals surface area contributed by atoms with Crippen LogP contribution in [0.3, 0.4) is 0 Å². The molecule has 112 valence electrons. The third-order valence-corrected chi connectivity index (χ3v) is 5.12. The predicted octanol–water partition coefficient (Wildman–Crippen LogP) is 1.37. The fourth-order valence-corrected chi connectivity index (χ4v) is 3.53. The molecule has 0 unspecified atom stereocenters. The number of nitriles is 1. The van der Waals surface area contributed by atoms with Crippen LogP contribution in [0.1, 0.15) is 28.1 Å². The lowest BCUT2D eigenvalue weighted by molar-refractivity contribution is 0.0972. The molecule has 1 saturated heterocycles. The van der Waals surface area contributed by atoms with Crippen molar-refractivity contribution in [3.8, 4) is 6.07 Å². The van der Waals surface area contributed by atoms with Crippen LogP contribution in [0.5, 0.6) is 0 Å². The van der Waals surface area contributed by atoms with Gasteiger partial charge in [-0.25, -0.2) is 5.01 Å². The number of rotatable bonds is 4. The summed E-state index contributed by atoms with van der Waals surface area (Å²) in [5, 5.41) is 12.1. The third kappa shape index (κ3) is 2.88. The highest BCUT2D eigenvalue weighted by Gasteiger charge is 2.34. The molecule has 1 aromatic heterocycles. The summed E-state index contributed by atoms with van der Waals surface area (Å²) in [6, 6.07) is 2.13. The van der Waals surface area contributed by atoms with Crippen molar-refractivity contribution in [1.29, 1.82) is 5.26 Å². The molecule has 3 N–H and O–H groups in total. The van der Waals surface area contributed by atoms with Gasteiger partial charge in [0.2, 0.25) is 0 Å². The van der Waals surface area contributed by atoms with Crippen molar-refractivity contribution in [2.75, 3.05) is 44.4 Å². The number of likely N-dealkylation sites (N-methyl/N-ethyl adjacent to an activating group) is 1.